The summed E-state index contributed by atoms with van der Waals surface area (Å²) in [4.78, 5) is 16.1. The predicted molar refractivity (Wildman–Crippen MR) is 108 cm³/mol. The van der Waals surface area contributed by atoms with Crippen molar-refractivity contribution in [2.75, 3.05) is 25.0 Å². The van der Waals surface area contributed by atoms with Crippen molar-refractivity contribution in [3.8, 4) is 5.75 Å². The van der Waals surface area contributed by atoms with Crippen molar-refractivity contribution in [2.45, 2.75) is 11.3 Å². The van der Waals surface area contributed by atoms with Crippen molar-refractivity contribution in [1.82, 2.24) is 14.3 Å². The molecule has 0 aliphatic carbocycles. The standard InChI is InChI=1S/C20H18N4O4S/c25-19-12-28-18-4-3-14(10-16(18)23-19)29(26,27)24-11-15(13-5-8-21-9-6-13)20-17(24)2-1-7-22-20/h1-5,7,10-11,21H,6,8-9,12H2,(H,23,25). The van der Waals surface area contributed by atoms with Gasteiger partial charge in [-0.05, 0) is 48.9 Å². The maximum atomic E-state index is 13.5. The molecule has 2 aliphatic rings. The van der Waals surface area contributed by atoms with E-state index in [0.29, 0.717) is 22.5 Å². The molecule has 3 aromatic rings. The molecule has 1 amide bonds. The first-order valence-electron chi connectivity index (χ1n) is 9.22. The van der Waals surface area contributed by atoms with Gasteiger partial charge in [-0.15, -0.1) is 0 Å². The number of fused-ring (bicyclic) bond motifs is 2. The Morgan fingerprint density at radius 3 is 2.93 bits per heavy atom. The SMILES string of the molecule is O=C1COc2ccc(S(=O)(=O)n3cc(C4=CCNCC4)c4ncccc43)cc2N1. The van der Waals surface area contributed by atoms with Crippen LogP contribution in [0.4, 0.5) is 5.69 Å². The van der Waals surface area contributed by atoms with Crippen LogP contribution in [0.3, 0.4) is 0 Å². The van der Waals surface area contributed by atoms with E-state index in [9.17, 15) is 13.2 Å². The molecule has 8 nitrogen and oxygen atoms in total. The molecule has 0 saturated carbocycles. The summed E-state index contributed by atoms with van der Waals surface area (Å²) in [7, 11) is -3.91. The lowest BCUT2D eigenvalue weighted by atomic mass is 10.0. The number of hydrogen-bond donors (Lipinski definition) is 2. The fourth-order valence-corrected chi connectivity index (χ4v) is 5.05. The summed E-state index contributed by atoms with van der Waals surface area (Å²) in [6, 6.07) is 7.93. The minimum atomic E-state index is -3.91. The molecule has 5 rings (SSSR count). The van der Waals surface area contributed by atoms with Crippen LogP contribution in [-0.2, 0) is 14.8 Å². The quantitative estimate of drug-likeness (QED) is 0.685. The number of aromatic nitrogens is 2. The molecule has 9 heteroatoms. The first kappa shape index (κ1) is 17.9. The van der Waals surface area contributed by atoms with Gasteiger partial charge in [0.1, 0.15) is 5.75 Å². The molecule has 2 aliphatic heterocycles. The zero-order chi connectivity index (χ0) is 20.0. The van der Waals surface area contributed by atoms with Crippen molar-refractivity contribution < 1.29 is 17.9 Å². The number of nitrogens with zero attached hydrogens (tertiary/aromatic N) is 2. The van der Waals surface area contributed by atoms with Gasteiger partial charge in [-0.2, -0.15) is 0 Å². The second-order valence-corrected chi connectivity index (χ2v) is 8.71. The van der Waals surface area contributed by atoms with Crippen molar-refractivity contribution in [1.29, 1.82) is 0 Å². The van der Waals surface area contributed by atoms with Gasteiger partial charge < -0.3 is 15.4 Å². The van der Waals surface area contributed by atoms with Gasteiger partial charge in [0.05, 0.1) is 21.6 Å². The van der Waals surface area contributed by atoms with Crippen LogP contribution in [0.15, 0.2) is 53.7 Å². The van der Waals surface area contributed by atoms with E-state index in [1.54, 1.807) is 30.6 Å². The van der Waals surface area contributed by atoms with Crippen LogP contribution in [0.2, 0.25) is 0 Å². The summed E-state index contributed by atoms with van der Waals surface area (Å²) in [6.07, 6.45) is 6.17. The zero-order valence-corrected chi connectivity index (χ0v) is 16.2. The number of carbonyl (C=O) groups excluding carboxylic acids is 1. The summed E-state index contributed by atoms with van der Waals surface area (Å²) in [5.74, 6) is 0.130. The van der Waals surface area contributed by atoms with Gasteiger partial charge in [0.2, 0.25) is 0 Å². The van der Waals surface area contributed by atoms with Crippen molar-refractivity contribution >= 4 is 38.2 Å². The van der Waals surface area contributed by atoms with Crippen LogP contribution in [0, 0.1) is 0 Å². The minimum Gasteiger partial charge on any atom is -0.482 e. The van der Waals surface area contributed by atoms with Crippen LogP contribution in [0.5, 0.6) is 5.75 Å². The molecule has 2 N–H and O–H groups in total. The third kappa shape index (κ3) is 2.99. The van der Waals surface area contributed by atoms with Gasteiger partial charge in [-0.3, -0.25) is 9.78 Å². The van der Waals surface area contributed by atoms with E-state index in [2.05, 4.69) is 21.7 Å². The molecule has 2 aromatic heterocycles. The lowest BCUT2D eigenvalue weighted by molar-refractivity contribution is -0.118. The molecule has 0 spiro atoms. The number of rotatable bonds is 3. The Kier molecular flexibility index (Phi) is 4.14. The Hall–Kier alpha value is -3.17. The van der Waals surface area contributed by atoms with Gasteiger partial charge in [0.15, 0.2) is 6.61 Å². The van der Waals surface area contributed by atoms with E-state index >= 15 is 0 Å². The molecule has 29 heavy (non-hydrogen) atoms. The highest BCUT2D eigenvalue weighted by molar-refractivity contribution is 7.90. The smallest absolute Gasteiger partial charge is 0.268 e. The molecule has 0 unspecified atom stereocenters. The van der Waals surface area contributed by atoms with Crippen LogP contribution in [0.25, 0.3) is 16.6 Å². The van der Waals surface area contributed by atoms with E-state index < -0.39 is 10.0 Å². The number of amides is 1. The summed E-state index contributed by atoms with van der Waals surface area (Å²) in [6.45, 7) is 1.50. The molecule has 4 heterocycles. The van der Waals surface area contributed by atoms with Gasteiger partial charge >= 0.3 is 0 Å². The molecular formula is C20H18N4O4S. The summed E-state index contributed by atoms with van der Waals surface area (Å²) in [5, 5.41) is 5.91. The molecule has 148 valence electrons. The Bertz CT molecular complexity index is 1280. The van der Waals surface area contributed by atoms with Gasteiger partial charge in [-0.1, -0.05) is 6.08 Å². The molecule has 0 atom stereocenters. The van der Waals surface area contributed by atoms with Crippen LogP contribution >= 0.6 is 0 Å². The van der Waals surface area contributed by atoms with Gasteiger partial charge in [0.25, 0.3) is 15.9 Å². The molecular weight excluding hydrogens is 392 g/mol. The Labute approximate surface area is 167 Å². The van der Waals surface area contributed by atoms with Crippen molar-refractivity contribution in [3.05, 3.63) is 54.4 Å². The first-order valence-corrected chi connectivity index (χ1v) is 10.7. The van der Waals surface area contributed by atoms with Gasteiger partial charge in [-0.25, -0.2) is 12.4 Å². The highest BCUT2D eigenvalue weighted by Gasteiger charge is 2.26. The maximum absolute atomic E-state index is 13.5. The highest BCUT2D eigenvalue weighted by atomic mass is 32.2. The number of anilines is 1. The second kappa shape index (κ2) is 6.71. The van der Waals surface area contributed by atoms with E-state index in [4.69, 9.17) is 4.74 Å². The summed E-state index contributed by atoms with van der Waals surface area (Å²) in [5.41, 5.74) is 3.41. The summed E-state index contributed by atoms with van der Waals surface area (Å²) >= 11 is 0. The molecule has 1 aromatic carbocycles. The normalized spacial score (nSPS) is 16.7. The third-order valence-electron chi connectivity index (χ3n) is 5.08. The zero-order valence-electron chi connectivity index (χ0n) is 15.4. The van der Waals surface area contributed by atoms with Crippen LogP contribution in [0.1, 0.15) is 12.0 Å². The largest absolute Gasteiger partial charge is 0.482 e. The van der Waals surface area contributed by atoms with Gasteiger partial charge in [0, 0.05) is 24.5 Å². The predicted octanol–water partition coefficient (Wildman–Crippen LogP) is 1.98. The van der Waals surface area contributed by atoms with Crippen LogP contribution in [-0.4, -0.2) is 43.0 Å². The van der Waals surface area contributed by atoms with Crippen LogP contribution < -0.4 is 15.4 Å². The molecule has 0 saturated heterocycles. The number of nitrogens with one attached hydrogen (secondary N) is 2. The Balaban J connectivity index is 1.66. The maximum Gasteiger partial charge on any atom is 0.268 e. The average molecular weight is 410 g/mol. The van der Waals surface area contributed by atoms with Crippen molar-refractivity contribution in [3.63, 3.8) is 0 Å². The third-order valence-corrected chi connectivity index (χ3v) is 6.75. The van der Waals surface area contributed by atoms with Crippen molar-refractivity contribution in [2.24, 2.45) is 0 Å². The topological polar surface area (TPSA) is 102 Å². The lowest BCUT2D eigenvalue weighted by Crippen LogP contribution is -2.25. The highest BCUT2D eigenvalue weighted by Crippen LogP contribution is 2.34. The fraction of sp³-hybridized carbons (Fsp3) is 0.200. The first-order chi connectivity index (χ1) is 14.0. The molecule has 0 fully saturated rings. The van der Waals surface area contributed by atoms with E-state index in [-0.39, 0.29) is 17.4 Å². The number of benzene rings is 1. The number of hydrogen-bond acceptors (Lipinski definition) is 6. The summed E-state index contributed by atoms with van der Waals surface area (Å²) < 4.78 is 33.5. The Morgan fingerprint density at radius 1 is 1.21 bits per heavy atom. The number of carbonyl (C=O) groups is 1. The second-order valence-electron chi connectivity index (χ2n) is 6.89. The Morgan fingerprint density at radius 2 is 2.10 bits per heavy atom. The number of pyridine rings is 1. The number of ether oxygens (including phenoxy) is 1. The molecule has 0 radical (unpaired) electrons. The fourth-order valence-electron chi connectivity index (χ4n) is 3.67. The minimum absolute atomic E-state index is 0.0636. The molecule has 0 bridgehead atoms. The van der Waals surface area contributed by atoms with E-state index in [1.807, 2.05) is 0 Å². The monoisotopic (exact) mass is 410 g/mol. The van der Waals surface area contributed by atoms with E-state index in [0.717, 1.165) is 30.6 Å². The lowest BCUT2D eigenvalue weighted by Gasteiger charge is -2.18. The van der Waals surface area contributed by atoms with E-state index in [1.165, 1.54) is 16.1 Å². The average Bonchev–Trinajstić information content (AvgIpc) is 3.14.